The average molecular weight is 326 g/mol. The Morgan fingerprint density at radius 2 is 1.54 bits per heavy atom. The maximum Gasteiger partial charge on any atom is 0.222 e. The molecular weight excluding hydrogens is 296 g/mol. The van der Waals surface area contributed by atoms with Crippen LogP contribution in [0.3, 0.4) is 0 Å². The Labute approximate surface area is 146 Å². The Morgan fingerprint density at radius 3 is 2.21 bits per heavy atom. The molecule has 1 heterocycles. The first kappa shape index (κ1) is 18.5. The molecule has 1 aromatic carbocycles. The monoisotopic (exact) mass is 326 g/mol. The minimum absolute atomic E-state index is 0.371. The second kappa shape index (κ2) is 10.9. The molecule has 1 aliphatic heterocycles. The van der Waals surface area contributed by atoms with Crippen LogP contribution in [0.25, 0.3) is 0 Å². The zero-order chi connectivity index (χ0) is 17.0. The molecule has 0 aromatic heterocycles. The number of carbonyl (C=O) groups is 1. The number of unbranched alkanes of at least 4 members (excludes halogenated alkanes) is 5. The van der Waals surface area contributed by atoms with Crippen LogP contribution < -0.4 is 0 Å². The molecule has 1 amide bonds. The van der Waals surface area contributed by atoms with Gasteiger partial charge in [-0.2, -0.15) is 5.26 Å². The highest BCUT2D eigenvalue weighted by atomic mass is 16.2. The molecule has 0 aliphatic carbocycles. The number of rotatable bonds is 9. The van der Waals surface area contributed by atoms with Gasteiger partial charge in [-0.25, -0.2) is 0 Å². The van der Waals surface area contributed by atoms with Crippen molar-refractivity contribution in [3.05, 3.63) is 35.4 Å². The van der Waals surface area contributed by atoms with Crippen LogP contribution in [0.15, 0.2) is 24.3 Å². The van der Waals surface area contributed by atoms with Crippen molar-refractivity contribution in [2.24, 2.45) is 0 Å². The van der Waals surface area contributed by atoms with Crippen molar-refractivity contribution in [1.82, 2.24) is 4.90 Å². The van der Waals surface area contributed by atoms with Gasteiger partial charge in [0.25, 0.3) is 0 Å². The lowest BCUT2D eigenvalue weighted by molar-refractivity contribution is -0.132. The largest absolute Gasteiger partial charge is 0.343 e. The minimum atomic E-state index is 0.371. The average Bonchev–Trinajstić information content (AvgIpc) is 2.65. The van der Waals surface area contributed by atoms with E-state index in [9.17, 15) is 4.79 Å². The summed E-state index contributed by atoms with van der Waals surface area (Å²) in [5.41, 5.74) is 2.05. The van der Waals surface area contributed by atoms with E-state index in [0.29, 0.717) is 5.91 Å². The summed E-state index contributed by atoms with van der Waals surface area (Å²) in [6, 6.07) is 10.1. The molecule has 1 fully saturated rings. The van der Waals surface area contributed by atoms with Crippen molar-refractivity contribution >= 4 is 5.91 Å². The highest BCUT2D eigenvalue weighted by Crippen LogP contribution is 2.14. The van der Waals surface area contributed by atoms with Gasteiger partial charge in [-0.1, -0.05) is 37.8 Å². The molecule has 1 aromatic rings. The van der Waals surface area contributed by atoms with Crippen LogP contribution in [0.5, 0.6) is 0 Å². The lowest BCUT2D eigenvalue weighted by atomic mass is 10.0. The van der Waals surface area contributed by atoms with E-state index >= 15 is 0 Å². The van der Waals surface area contributed by atoms with E-state index < -0.39 is 0 Å². The number of nitrogens with zero attached hydrogens (tertiary/aromatic N) is 2. The third-order valence-electron chi connectivity index (χ3n) is 4.90. The van der Waals surface area contributed by atoms with Crippen molar-refractivity contribution < 1.29 is 4.79 Å². The molecule has 0 saturated carbocycles. The summed E-state index contributed by atoms with van der Waals surface area (Å²) >= 11 is 0. The molecule has 3 heteroatoms. The van der Waals surface area contributed by atoms with Gasteiger partial charge in [-0.05, 0) is 56.2 Å². The van der Waals surface area contributed by atoms with Gasteiger partial charge in [0, 0.05) is 19.5 Å². The lowest BCUT2D eigenvalue weighted by Crippen LogP contribution is -2.35. The summed E-state index contributed by atoms with van der Waals surface area (Å²) in [5, 5.41) is 8.78. The third-order valence-corrected chi connectivity index (χ3v) is 4.90. The van der Waals surface area contributed by atoms with Gasteiger partial charge in [0.1, 0.15) is 0 Å². The summed E-state index contributed by atoms with van der Waals surface area (Å²) < 4.78 is 0. The molecule has 0 bridgehead atoms. The smallest absolute Gasteiger partial charge is 0.222 e. The van der Waals surface area contributed by atoms with E-state index in [1.807, 2.05) is 12.1 Å². The zero-order valence-electron chi connectivity index (χ0n) is 14.8. The number of hydrogen-bond donors (Lipinski definition) is 0. The van der Waals surface area contributed by atoms with Crippen LogP contribution in [0, 0.1) is 11.3 Å². The maximum absolute atomic E-state index is 12.0. The molecule has 0 atom stereocenters. The fourth-order valence-electron chi connectivity index (χ4n) is 3.36. The van der Waals surface area contributed by atoms with Crippen LogP contribution in [0.2, 0.25) is 0 Å². The fraction of sp³-hybridized carbons (Fsp3) is 0.619. The van der Waals surface area contributed by atoms with Crippen molar-refractivity contribution in [2.45, 2.75) is 70.6 Å². The number of nitriles is 1. The molecule has 0 radical (unpaired) electrons. The molecule has 1 aliphatic rings. The Hall–Kier alpha value is -1.82. The molecule has 0 spiro atoms. The summed E-state index contributed by atoms with van der Waals surface area (Å²) in [7, 11) is 0. The number of carbonyl (C=O) groups excluding carboxylic acids is 1. The van der Waals surface area contributed by atoms with E-state index in [4.69, 9.17) is 5.26 Å². The molecule has 24 heavy (non-hydrogen) atoms. The Balaban J connectivity index is 1.45. The molecule has 130 valence electrons. The van der Waals surface area contributed by atoms with Crippen molar-refractivity contribution in [2.75, 3.05) is 13.1 Å². The summed E-state index contributed by atoms with van der Waals surface area (Å²) in [4.78, 5) is 14.1. The second-order valence-electron chi connectivity index (χ2n) is 6.87. The molecule has 2 rings (SSSR count). The van der Waals surface area contributed by atoms with Crippen LogP contribution in [-0.2, 0) is 11.2 Å². The number of hydrogen-bond acceptors (Lipinski definition) is 2. The first-order chi connectivity index (χ1) is 11.8. The van der Waals surface area contributed by atoms with E-state index in [1.54, 1.807) is 0 Å². The maximum atomic E-state index is 12.0. The predicted molar refractivity (Wildman–Crippen MR) is 97.6 cm³/mol. The number of likely N-dealkylation sites (tertiary alicyclic amines) is 1. The Kier molecular flexibility index (Phi) is 8.38. The van der Waals surface area contributed by atoms with Crippen molar-refractivity contribution in [1.29, 1.82) is 5.26 Å². The normalized spacial score (nSPS) is 14.4. The summed E-state index contributed by atoms with van der Waals surface area (Å²) in [6.45, 7) is 1.96. The van der Waals surface area contributed by atoms with Crippen LogP contribution in [0.1, 0.15) is 75.3 Å². The topological polar surface area (TPSA) is 44.1 Å². The SMILES string of the molecule is N#Cc1ccc(CCCCCCCCC(=O)N2CCCCC2)cc1. The summed E-state index contributed by atoms with van der Waals surface area (Å²) in [5.74, 6) is 0.371. The highest BCUT2D eigenvalue weighted by molar-refractivity contribution is 5.76. The first-order valence-electron chi connectivity index (χ1n) is 9.56. The number of aryl methyl sites for hydroxylation is 1. The van der Waals surface area contributed by atoms with E-state index in [1.165, 1.54) is 56.9 Å². The molecular formula is C21H30N2O. The van der Waals surface area contributed by atoms with E-state index in [0.717, 1.165) is 37.9 Å². The van der Waals surface area contributed by atoms with E-state index in [-0.39, 0.29) is 0 Å². The van der Waals surface area contributed by atoms with E-state index in [2.05, 4.69) is 23.1 Å². The Morgan fingerprint density at radius 1 is 0.917 bits per heavy atom. The van der Waals surface area contributed by atoms with Gasteiger partial charge < -0.3 is 4.90 Å². The van der Waals surface area contributed by atoms with Gasteiger partial charge in [-0.3, -0.25) is 4.79 Å². The third kappa shape index (κ3) is 6.74. The van der Waals surface area contributed by atoms with Crippen LogP contribution in [0.4, 0.5) is 0 Å². The standard InChI is InChI=1S/C21H30N2O/c22-18-20-14-12-19(13-15-20)10-6-3-1-2-4-7-11-21(24)23-16-8-5-9-17-23/h12-15H,1-11,16-17H2. The van der Waals surface area contributed by atoms with Gasteiger partial charge in [0.15, 0.2) is 0 Å². The first-order valence-corrected chi connectivity index (χ1v) is 9.56. The highest BCUT2D eigenvalue weighted by Gasteiger charge is 2.15. The van der Waals surface area contributed by atoms with Crippen molar-refractivity contribution in [3.63, 3.8) is 0 Å². The fourth-order valence-corrected chi connectivity index (χ4v) is 3.36. The number of benzene rings is 1. The predicted octanol–water partition coefficient (Wildman–Crippen LogP) is 4.84. The number of piperidine rings is 1. The zero-order valence-corrected chi connectivity index (χ0v) is 14.8. The van der Waals surface area contributed by atoms with Crippen LogP contribution in [-0.4, -0.2) is 23.9 Å². The summed E-state index contributed by atoms with van der Waals surface area (Å²) in [6.07, 6.45) is 12.7. The van der Waals surface area contributed by atoms with Gasteiger partial charge in [0.05, 0.1) is 11.6 Å². The molecule has 1 saturated heterocycles. The minimum Gasteiger partial charge on any atom is -0.343 e. The molecule has 0 N–H and O–H groups in total. The van der Waals surface area contributed by atoms with Gasteiger partial charge in [0.2, 0.25) is 5.91 Å². The van der Waals surface area contributed by atoms with Crippen LogP contribution >= 0.6 is 0 Å². The second-order valence-corrected chi connectivity index (χ2v) is 6.87. The van der Waals surface area contributed by atoms with Crippen molar-refractivity contribution in [3.8, 4) is 6.07 Å². The quantitative estimate of drug-likeness (QED) is 0.609. The molecule has 3 nitrogen and oxygen atoms in total. The van der Waals surface area contributed by atoms with Gasteiger partial charge in [-0.15, -0.1) is 0 Å². The Bertz CT molecular complexity index is 524. The molecule has 0 unspecified atom stereocenters. The number of amides is 1. The lowest BCUT2D eigenvalue weighted by Gasteiger charge is -2.26. The van der Waals surface area contributed by atoms with Gasteiger partial charge >= 0.3 is 0 Å².